The first kappa shape index (κ1) is 59.0. The van der Waals surface area contributed by atoms with Crippen molar-refractivity contribution in [3.63, 3.8) is 0 Å². The van der Waals surface area contributed by atoms with E-state index in [9.17, 15) is 39.8 Å². The topological polar surface area (TPSA) is 192 Å². The van der Waals surface area contributed by atoms with Gasteiger partial charge >= 0.3 is 13.8 Å². The van der Waals surface area contributed by atoms with Gasteiger partial charge in [-0.3, -0.25) is 13.8 Å². The largest absolute Gasteiger partial charge is 0.472 e. The van der Waals surface area contributed by atoms with Crippen molar-refractivity contribution in [3.05, 3.63) is 109 Å². The molecular weight excluding hydrogens is 836 g/mol. The first-order chi connectivity index (χ1) is 31.0. The fourth-order valence-electron chi connectivity index (χ4n) is 6.45. The molecule has 0 aliphatic heterocycles. The highest BCUT2D eigenvalue weighted by atomic mass is 31.2. The molecule has 6 unspecified atom stereocenters. The van der Waals surface area contributed by atoms with Crippen molar-refractivity contribution >= 4 is 13.8 Å². The second-order valence-electron chi connectivity index (χ2n) is 15.8. The number of esters is 1. The maximum Gasteiger partial charge on any atom is 0.472 e. The fourth-order valence-corrected chi connectivity index (χ4v) is 7.43. The zero-order valence-electron chi connectivity index (χ0n) is 38.8. The smallest absolute Gasteiger partial charge is 0.457 e. The van der Waals surface area contributed by atoms with Gasteiger partial charge in [0, 0.05) is 13.0 Å². The van der Waals surface area contributed by atoms with Crippen molar-refractivity contribution in [3.8, 4) is 0 Å². The van der Waals surface area contributed by atoms with Crippen LogP contribution < -0.4 is 0 Å². The predicted octanol–water partition coefficient (Wildman–Crippen LogP) is 10.1. The molecule has 0 aromatic rings. The van der Waals surface area contributed by atoms with Crippen LogP contribution in [0.3, 0.4) is 0 Å². The van der Waals surface area contributed by atoms with Crippen molar-refractivity contribution in [1.29, 1.82) is 0 Å². The van der Waals surface area contributed by atoms with Crippen LogP contribution in [-0.4, -0.2) is 98.9 Å². The number of carbonyl (C=O) groups excluding carboxylic acids is 1. The fraction of sp³-hybridized carbons (Fsp3) is 0.627. The quantitative estimate of drug-likeness (QED) is 0.0149. The highest BCUT2D eigenvalue weighted by Crippen LogP contribution is 2.47. The van der Waals surface area contributed by atoms with Crippen molar-refractivity contribution < 1.29 is 58.3 Å². The summed E-state index contributed by atoms with van der Waals surface area (Å²) in [4.78, 5) is 23.1. The van der Waals surface area contributed by atoms with Crippen LogP contribution in [0.2, 0.25) is 0 Å². The SMILES string of the molecule is CC/C=C\C/C=C\C/C=C\C/C=C\C/C=C\CCCCCCCCCCOCC(COP(=O)(O)OC1C(O)C(O)C(O)C(O)C1O)OC(=O)CC/C=C\C/C=C\C/C=C\C/C=C\CC. The molecule has 0 aromatic heterocycles. The average Bonchev–Trinajstić information content (AvgIpc) is 3.28. The van der Waals surface area contributed by atoms with Crippen molar-refractivity contribution in [2.24, 2.45) is 0 Å². The third-order valence-corrected chi connectivity index (χ3v) is 11.1. The number of phosphoric acid groups is 1. The maximum atomic E-state index is 12.8. The van der Waals surface area contributed by atoms with Gasteiger partial charge in [-0.1, -0.05) is 162 Å². The average molecular weight is 919 g/mol. The van der Waals surface area contributed by atoms with Crippen molar-refractivity contribution in [2.75, 3.05) is 19.8 Å². The van der Waals surface area contributed by atoms with E-state index in [0.717, 1.165) is 89.9 Å². The summed E-state index contributed by atoms with van der Waals surface area (Å²) in [7, 11) is -5.05. The molecule has 6 N–H and O–H groups in total. The van der Waals surface area contributed by atoms with Crippen LogP contribution in [0.1, 0.15) is 142 Å². The Balaban J connectivity index is 2.39. The monoisotopic (exact) mass is 919 g/mol. The van der Waals surface area contributed by atoms with Crippen LogP contribution in [0.15, 0.2) is 109 Å². The molecule has 1 aliphatic carbocycles. The number of unbranched alkanes of at least 4 members (excludes halogenated alkanes) is 8. The maximum absolute atomic E-state index is 12.8. The van der Waals surface area contributed by atoms with Crippen LogP contribution in [0, 0.1) is 0 Å². The highest BCUT2D eigenvalue weighted by Gasteiger charge is 2.51. The van der Waals surface area contributed by atoms with Gasteiger partial charge in [-0.15, -0.1) is 0 Å². The zero-order chi connectivity index (χ0) is 46.9. The van der Waals surface area contributed by atoms with Gasteiger partial charge in [0.15, 0.2) is 0 Å². The van der Waals surface area contributed by atoms with Gasteiger partial charge in [0.2, 0.25) is 0 Å². The standard InChI is InChI=1S/C51H83O12P/c1-3-5-7-9-11-13-15-17-18-19-20-21-22-23-24-25-26-27-29-31-33-35-37-39-41-60-42-44(43-61-64(58,59)63-51-49(56)47(54)46(53)48(55)50(51)57)62-45(52)40-38-36-34-32-30-28-16-14-12-10-8-6-4-2/h5-8,11-14,17-18,20-21,23-24,28,30,34,36,44,46-51,53-57H,3-4,9-10,15-16,19,22,25-27,29,31-33,35,37-43H2,1-2H3,(H,58,59)/b7-5-,8-6-,13-11-,14-12-,18-17-,21-20-,24-23-,30-28-,36-34-. The molecule has 1 aliphatic rings. The molecule has 64 heavy (non-hydrogen) atoms. The molecule has 0 bridgehead atoms. The minimum Gasteiger partial charge on any atom is -0.457 e. The van der Waals surface area contributed by atoms with Crippen molar-refractivity contribution in [2.45, 2.75) is 185 Å². The van der Waals surface area contributed by atoms with Gasteiger partial charge in [0.05, 0.1) is 13.2 Å². The lowest BCUT2D eigenvalue weighted by atomic mass is 9.85. The number of aliphatic hydroxyl groups excluding tert-OH is 5. The second-order valence-corrected chi connectivity index (χ2v) is 17.2. The molecule has 1 saturated carbocycles. The predicted molar refractivity (Wildman–Crippen MR) is 257 cm³/mol. The van der Waals surface area contributed by atoms with Gasteiger partial charge in [-0.2, -0.15) is 0 Å². The summed E-state index contributed by atoms with van der Waals surface area (Å²) in [5.74, 6) is -0.565. The summed E-state index contributed by atoms with van der Waals surface area (Å²) < 4.78 is 34.1. The zero-order valence-corrected chi connectivity index (χ0v) is 39.7. The Bertz CT molecular complexity index is 1470. The second kappa shape index (κ2) is 40.3. The lowest BCUT2D eigenvalue weighted by molar-refractivity contribution is -0.220. The number of allylic oxidation sites excluding steroid dienone is 18. The van der Waals surface area contributed by atoms with E-state index in [1.807, 2.05) is 18.2 Å². The van der Waals surface area contributed by atoms with E-state index in [0.29, 0.717) is 13.0 Å². The van der Waals surface area contributed by atoms with Crippen LogP contribution >= 0.6 is 7.82 Å². The Kier molecular flexibility index (Phi) is 37.2. The summed E-state index contributed by atoms with van der Waals surface area (Å²) in [5.41, 5.74) is 0. The van der Waals surface area contributed by atoms with Crippen LogP contribution in [0.25, 0.3) is 0 Å². The Morgan fingerprint density at radius 3 is 1.33 bits per heavy atom. The molecule has 0 spiro atoms. The lowest BCUT2D eigenvalue weighted by Crippen LogP contribution is -2.64. The van der Waals surface area contributed by atoms with Gasteiger partial charge in [-0.25, -0.2) is 4.57 Å². The van der Waals surface area contributed by atoms with E-state index in [-0.39, 0.29) is 13.0 Å². The molecule has 0 aromatic carbocycles. The molecule has 0 heterocycles. The minimum absolute atomic E-state index is 0.0555. The lowest BCUT2D eigenvalue weighted by Gasteiger charge is -2.41. The number of carbonyl (C=O) groups is 1. The molecule has 12 nitrogen and oxygen atoms in total. The van der Waals surface area contributed by atoms with E-state index in [1.165, 1.54) is 25.7 Å². The summed E-state index contributed by atoms with van der Waals surface area (Å²) in [6.45, 7) is 3.90. The summed E-state index contributed by atoms with van der Waals surface area (Å²) in [6.07, 6.45) is 44.7. The third-order valence-electron chi connectivity index (χ3n) is 10.2. The van der Waals surface area contributed by atoms with Crippen LogP contribution in [0.4, 0.5) is 0 Å². The Labute approximate surface area is 385 Å². The van der Waals surface area contributed by atoms with Crippen LogP contribution in [-0.2, 0) is 27.9 Å². The number of rotatable bonds is 38. The summed E-state index contributed by atoms with van der Waals surface area (Å²) >= 11 is 0. The Morgan fingerprint density at radius 2 is 0.875 bits per heavy atom. The molecule has 0 saturated heterocycles. The summed E-state index contributed by atoms with van der Waals surface area (Å²) in [6, 6.07) is 0. The molecule has 1 fully saturated rings. The molecular formula is C51H83O12P. The Hall–Kier alpha value is -3.00. The van der Waals surface area contributed by atoms with Crippen LogP contribution in [0.5, 0.6) is 0 Å². The molecule has 1 rings (SSSR count). The number of hydrogen-bond acceptors (Lipinski definition) is 11. The first-order valence-electron chi connectivity index (χ1n) is 23.7. The number of aliphatic hydroxyl groups is 5. The molecule has 13 heteroatoms. The molecule has 0 amide bonds. The number of hydrogen-bond donors (Lipinski definition) is 6. The van der Waals surface area contributed by atoms with E-state index in [4.69, 9.17) is 18.5 Å². The van der Waals surface area contributed by atoms with E-state index < -0.39 is 63.1 Å². The summed E-state index contributed by atoms with van der Waals surface area (Å²) in [5, 5.41) is 50.2. The van der Waals surface area contributed by atoms with Gasteiger partial charge in [0.1, 0.15) is 42.7 Å². The van der Waals surface area contributed by atoms with E-state index in [1.54, 1.807) is 0 Å². The highest BCUT2D eigenvalue weighted by molar-refractivity contribution is 7.47. The molecule has 6 atom stereocenters. The van der Waals surface area contributed by atoms with E-state index in [2.05, 4.69) is 105 Å². The van der Waals surface area contributed by atoms with Gasteiger partial charge < -0.3 is 39.9 Å². The number of phosphoric ester groups is 1. The number of ether oxygens (including phenoxy) is 2. The minimum atomic E-state index is -5.05. The molecule has 364 valence electrons. The first-order valence-corrected chi connectivity index (χ1v) is 25.2. The van der Waals surface area contributed by atoms with E-state index >= 15 is 0 Å². The van der Waals surface area contributed by atoms with Gasteiger partial charge in [0.25, 0.3) is 0 Å². The van der Waals surface area contributed by atoms with Gasteiger partial charge in [-0.05, 0) is 83.5 Å². The third kappa shape index (κ3) is 31.8. The normalized spacial score (nSPS) is 22.7. The Morgan fingerprint density at radius 1 is 0.500 bits per heavy atom. The van der Waals surface area contributed by atoms with Crippen molar-refractivity contribution in [1.82, 2.24) is 0 Å². The molecule has 0 radical (unpaired) electrons.